The molecule has 1 aliphatic heterocycles. The lowest BCUT2D eigenvalue weighted by Gasteiger charge is -2.35. The van der Waals surface area contributed by atoms with E-state index in [1.165, 1.54) is 15.7 Å². The van der Waals surface area contributed by atoms with E-state index in [1.54, 1.807) is 29.3 Å². The molecule has 2 N–H and O–H groups in total. The van der Waals surface area contributed by atoms with Gasteiger partial charge in [-0.3, -0.25) is 18.9 Å². The molecule has 0 spiro atoms. The Hall–Kier alpha value is -2.86. The van der Waals surface area contributed by atoms with Crippen molar-refractivity contribution in [2.45, 2.75) is 39.5 Å². The third-order valence-electron chi connectivity index (χ3n) is 5.61. The number of hydrogen-bond donors (Lipinski definition) is 2. The summed E-state index contributed by atoms with van der Waals surface area (Å²) in [5, 5.41) is 13.8. The normalized spacial score (nSPS) is 14.7. The van der Waals surface area contributed by atoms with E-state index >= 15 is 0 Å². The highest BCUT2D eigenvalue weighted by molar-refractivity contribution is 7.17. The maximum absolute atomic E-state index is 12.7. The second-order valence-corrected chi connectivity index (χ2v) is 11.5. The lowest BCUT2D eigenvalue weighted by molar-refractivity contribution is 0.0139. The van der Waals surface area contributed by atoms with Crippen LogP contribution in [-0.4, -0.2) is 68.1 Å². The molecule has 2 amide bonds. The van der Waals surface area contributed by atoms with Gasteiger partial charge in [-0.05, 0) is 38.5 Å². The molecule has 1 aromatic carbocycles. The maximum Gasteiger partial charge on any atom is 0.410 e. The Bertz CT molecular complexity index is 1390. The van der Waals surface area contributed by atoms with Gasteiger partial charge in [0.05, 0.1) is 10.0 Å². The molecule has 3 aromatic rings. The molecule has 10 nitrogen and oxygen atoms in total. The molecular formula is C24H27Cl2N5O5S. The minimum atomic E-state index is -0.723. The molecule has 2 aromatic heterocycles. The highest BCUT2D eigenvalue weighted by Crippen LogP contribution is 2.23. The first-order valence-corrected chi connectivity index (χ1v) is 13.1. The molecule has 198 valence electrons. The predicted molar refractivity (Wildman–Crippen MR) is 142 cm³/mol. The molecule has 0 saturated carbocycles. The molecule has 3 heterocycles. The number of amides is 2. The Balaban J connectivity index is 1.42. The summed E-state index contributed by atoms with van der Waals surface area (Å²) < 4.78 is 6.67. The summed E-state index contributed by atoms with van der Waals surface area (Å²) in [6.07, 6.45) is 1.29. The predicted octanol–water partition coefficient (Wildman–Crippen LogP) is 3.75. The Labute approximate surface area is 227 Å². The lowest BCUT2D eigenvalue weighted by atomic mass is 10.2. The fraction of sp³-hybridized carbons (Fsp3) is 0.417. The summed E-state index contributed by atoms with van der Waals surface area (Å²) in [7, 11) is 0. The quantitative estimate of drug-likeness (QED) is 0.482. The zero-order valence-electron chi connectivity index (χ0n) is 20.6. The summed E-state index contributed by atoms with van der Waals surface area (Å²) >= 11 is 13.2. The van der Waals surface area contributed by atoms with Gasteiger partial charge in [0.25, 0.3) is 5.91 Å². The largest absolute Gasteiger partial charge is 0.501 e. The van der Waals surface area contributed by atoms with Gasteiger partial charge in [-0.2, -0.15) is 0 Å². The van der Waals surface area contributed by atoms with Crippen LogP contribution in [0.5, 0.6) is 5.75 Å². The van der Waals surface area contributed by atoms with Crippen molar-refractivity contribution in [3.05, 3.63) is 60.9 Å². The number of thiazole rings is 1. The van der Waals surface area contributed by atoms with Gasteiger partial charge >= 0.3 is 11.7 Å². The number of fused-ring (bicyclic) bond motifs is 1. The Kier molecular flexibility index (Phi) is 7.98. The number of nitrogens with zero attached hydrogens (tertiary/aromatic N) is 4. The molecule has 37 heavy (non-hydrogen) atoms. The molecule has 0 unspecified atom stereocenters. The molecule has 0 atom stereocenters. The van der Waals surface area contributed by atoms with Crippen molar-refractivity contribution in [3.8, 4) is 5.75 Å². The van der Waals surface area contributed by atoms with Gasteiger partial charge in [0.1, 0.15) is 5.60 Å². The van der Waals surface area contributed by atoms with Crippen molar-refractivity contribution < 1.29 is 19.4 Å². The van der Waals surface area contributed by atoms with Crippen molar-refractivity contribution in [1.29, 1.82) is 0 Å². The first-order chi connectivity index (χ1) is 17.4. The first-order valence-electron chi connectivity index (χ1n) is 11.6. The molecule has 1 aliphatic rings. The van der Waals surface area contributed by atoms with E-state index < -0.39 is 22.8 Å². The summed E-state index contributed by atoms with van der Waals surface area (Å²) in [5.74, 6) is -1.41. The SMILES string of the molecule is CC(C)(C)OC(=O)N1CCN(Cc2cn3c(=O)c(O)c(C(=O)NCc4ccc(Cl)c(Cl)c4)nc3s2)CC1. The van der Waals surface area contributed by atoms with Crippen LogP contribution in [-0.2, 0) is 17.8 Å². The highest BCUT2D eigenvalue weighted by Gasteiger charge is 2.26. The van der Waals surface area contributed by atoms with E-state index in [2.05, 4.69) is 15.2 Å². The van der Waals surface area contributed by atoms with Crippen LogP contribution in [0.2, 0.25) is 10.0 Å². The summed E-state index contributed by atoms with van der Waals surface area (Å²) in [6, 6.07) is 4.94. The minimum absolute atomic E-state index is 0.112. The van der Waals surface area contributed by atoms with Crippen molar-refractivity contribution in [3.63, 3.8) is 0 Å². The second-order valence-electron chi connectivity index (χ2n) is 9.64. The van der Waals surface area contributed by atoms with Crippen LogP contribution in [0.1, 0.15) is 41.7 Å². The van der Waals surface area contributed by atoms with Crippen molar-refractivity contribution in [1.82, 2.24) is 24.5 Å². The number of carbonyl (C=O) groups is 2. The third-order valence-corrected chi connectivity index (χ3v) is 7.32. The number of hydrogen-bond acceptors (Lipinski definition) is 8. The zero-order chi connectivity index (χ0) is 26.9. The van der Waals surface area contributed by atoms with Gasteiger partial charge in [-0.15, -0.1) is 0 Å². The average molecular weight is 568 g/mol. The number of rotatable bonds is 5. The van der Waals surface area contributed by atoms with Crippen molar-refractivity contribution in [2.75, 3.05) is 26.2 Å². The number of ether oxygens (including phenoxy) is 1. The monoisotopic (exact) mass is 567 g/mol. The standard InChI is InChI=1S/C24H27Cl2N5O5S/c1-24(2,3)36-23(35)30-8-6-29(7-9-30)12-15-13-31-21(34)19(32)18(28-22(31)37-15)20(33)27-11-14-4-5-16(25)17(26)10-14/h4-5,10,13,32H,6-9,11-12H2,1-3H3,(H,27,33). The molecule has 1 fully saturated rings. The van der Waals surface area contributed by atoms with Gasteiger partial charge in [0.2, 0.25) is 5.75 Å². The number of halogens is 2. The van der Waals surface area contributed by atoms with E-state index in [0.717, 1.165) is 4.88 Å². The van der Waals surface area contributed by atoms with Gasteiger partial charge in [0.15, 0.2) is 10.7 Å². The second kappa shape index (κ2) is 10.9. The van der Waals surface area contributed by atoms with E-state index in [-0.39, 0.29) is 18.3 Å². The van der Waals surface area contributed by atoms with Gasteiger partial charge < -0.3 is 20.1 Å². The van der Waals surface area contributed by atoms with Crippen LogP contribution < -0.4 is 10.9 Å². The van der Waals surface area contributed by atoms with E-state index in [4.69, 9.17) is 27.9 Å². The zero-order valence-corrected chi connectivity index (χ0v) is 22.9. The number of aromatic nitrogens is 2. The number of nitrogens with one attached hydrogen (secondary N) is 1. The minimum Gasteiger partial charge on any atom is -0.501 e. The molecule has 1 saturated heterocycles. The molecule has 0 aliphatic carbocycles. The van der Waals surface area contributed by atoms with Gasteiger partial charge in [-0.1, -0.05) is 40.6 Å². The molecule has 0 radical (unpaired) electrons. The summed E-state index contributed by atoms with van der Waals surface area (Å²) in [6.45, 7) is 8.50. The third kappa shape index (κ3) is 6.53. The van der Waals surface area contributed by atoms with Crippen LogP contribution in [0.4, 0.5) is 4.79 Å². The number of benzene rings is 1. The van der Waals surface area contributed by atoms with Crippen LogP contribution in [0, 0.1) is 0 Å². The first kappa shape index (κ1) is 27.2. The molecule has 13 heteroatoms. The van der Waals surface area contributed by atoms with E-state index in [1.807, 2.05) is 20.8 Å². The maximum atomic E-state index is 12.7. The Morgan fingerprint density at radius 1 is 1.16 bits per heavy atom. The Morgan fingerprint density at radius 2 is 1.86 bits per heavy atom. The fourth-order valence-corrected chi connectivity index (χ4v) is 5.09. The number of carbonyl (C=O) groups excluding carboxylic acids is 2. The topological polar surface area (TPSA) is 116 Å². The van der Waals surface area contributed by atoms with Crippen LogP contribution in [0.3, 0.4) is 0 Å². The molecule has 4 rings (SSSR count). The number of piperazine rings is 1. The summed E-state index contributed by atoms with van der Waals surface area (Å²) in [4.78, 5) is 46.9. The van der Waals surface area contributed by atoms with Gasteiger partial charge in [0, 0.05) is 50.3 Å². The van der Waals surface area contributed by atoms with Crippen molar-refractivity contribution in [2.24, 2.45) is 0 Å². The summed E-state index contributed by atoms with van der Waals surface area (Å²) in [5.41, 5.74) is -0.909. The van der Waals surface area contributed by atoms with E-state index in [0.29, 0.717) is 53.3 Å². The van der Waals surface area contributed by atoms with Crippen LogP contribution in [0.15, 0.2) is 29.2 Å². The molecule has 0 bridgehead atoms. The van der Waals surface area contributed by atoms with Gasteiger partial charge in [-0.25, -0.2) is 9.78 Å². The van der Waals surface area contributed by atoms with Crippen LogP contribution in [0.25, 0.3) is 4.96 Å². The molecular weight excluding hydrogens is 541 g/mol. The number of aromatic hydroxyl groups is 1. The van der Waals surface area contributed by atoms with Crippen LogP contribution >= 0.6 is 34.5 Å². The Morgan fingerprint density at radius 3 is 2.51 bits per heavy atom. The van der Waals surface area contributed by atoms with E-state index in [9.17, 15) is 19.5 Å². The fourth-order valence-electron chi connectivity index (χ4n) is 3.76. The average Bonchev–Trinajstić information content (AvgIpc) is 3.24. The highest BCUT2D eigenvalue weighted by atomic mass is 35.5. The van der Waals surface area contributed by atoms with Crippen molar-refractivity contribution >= 4 is 51.5 Å². The lowest BCUT2D eigenvalue weighted by Crippen LogP contribution is -2.49. The smallest absolute Gasteiger partial charge is 0.410 e.